The van der Waals surface area contributed by atoms with E-state index in [9.17, 15) is 9.59 Å². The van der Waals surface area contributed by atoms with Gasteiger partial charge in [-0.15, -0.1) is 5.10 Å². The number of aromatic nitrogens is 2. The molecule has 0 saturated heterocycles. The van der Waals surface area contributed by atoms with Gasteiger partial charge in [0.15, 0.2) is 6.10 Å². The van der Waals surface area contributed by atoms with Crippen molar-refractivity contribution in [2.75, 3.05) is 6.61 Å². The largest absolute Gasteiger partial charge is 0.463 e. The molecule has 0 saturated carbocycles. The molecule has 110 valence electrons. The molecule has 0 aliphatic carbocycles. The monoisotopic (exact) mass is 288 g/mol. The summed E-state index contributed by atoms with van der Waals surface area (Å²) in [6, 6.07) is 11.7. The third kappa shape index (κ3) is 3.68. The average molecular weight is 288 g/mol. The van der Waals surface area contributed by atoms with Crippen LogP contribution in [0.15, 0.2) is 47.3 Å². The molecule has 0 fully saturated rings. The molecule has 6 heteroatoms. The van der Waals surface area contributed by atoms with Crippen molar-refractivity contribution in [3.63, 3.8) is 0 Å². The zero-order chi connectivity index (χ0) is 15.2. The summed E-state index contributed by atoms with van der Waals surface area (Å²) in [6.07, 6.45) is -0.792. The van der Waals surface area contributed by atoms with E-state index in [1.54, 1.807) is 38.1 Å². The van der Waals surface area contributed by atoms with E-state index in [4.69, 9.17) is 9.47 Å². The molecule has 0 unspecified atom stereocenters. The average Bonchev–Trinajstić information content (AvgIpc) is 2.50. The van der Waals surface area contributed by atoms with Gasteiger partial charge < -0.3 is 9.47 Å². The van der Waals surface area contributed by atoms with E-state index >= 15 is 0 Å². The van der Waals surface area contributed by atoms with Gasteiger partial charge in [0.2, 0.25) is 5.88 Å². The molecule has 0 N–H and O–H groups in total. The first-order chi connectivity index (χ1) is 10.1. The minimum atomic E-state index is -0.792. The summed E-state index contributed by atoms with van der Waals surface area (Å²) in [6.45, 7) is 3.57. The van der Waals surface area contributed by atoms with Crippen molar-refractivity contribution in [1.82, 2.24) is 9.78 Å². The number of hydrogen-bond acceptors (Lipinski definition) is 5. The van der Waals surface area contributed by atoms with Crippen molar-refractivity contribution >= 4 is 5.97 Å². The highest BCUT2D eigenvalue weighted by Crippen LogP contribution is 2.09. The van der Waals surface area contributed by atoms with Crippen LogP contribution in [0.4, 0.5) is 0 Å². The molecule has 6 nitrogen and oxygen atoms in total. The van der Waals surface area contributed by atoms with E-state index in [0.717, 1.165) is 0 Å². The van der Waals surface area contributed by atoms with Gasteiger partial charge in [0, 0.05) is 12.1 Å². The molecule has 2 rings (SSSR count). The second-order valence-corrected chi connectivity index (χ2v) is 4.27. The Balaban J connectivity index is 2.24. The number of rotatable bonds is 5. The van der Waals surface area contributed by atoms with Crippen LogP contribution in [0.1, 0.15) is 13.8 Å². The fraction of sp³-hybridized carbons (Fsp3) is 0.267. The Morgan fingerprint density at radius 1 is 1.24 bits per heavy atom. The van der Waals surface area contributed by atoms with Gasteiger partial charge in [-0.1, -0.05) is 18.2 Å². The number of carbonyl (C=O) groups excluding carboxylic acids is 1. The van der Waals surface area contributed by atoms with Crippen LogP contribution in [0.2, 0.25) is 0 Å². The van der Waals surface area contributed by atoms with E-state index in [0.29, 0.717) is 5.69 Å². The van der Waals surface area contributed by atoms with Crippen LogP contribution in [0.3, 0.4) is 0 Å². The second kappa shape index (κ2) is 6.69. The lowest BCUT2D eigenvalue weighted by Gasteiger charge is -2.13. The van der Waals surface area contributed by atoms with E-state index in [2.05, 4.69) is 5.10 Å². The molecule has 0 bridgehead atoms. The quantitative estimate of drug-likeness (QED) is 0.781. The molecule has 1 heterocycles. The molecule has 0 aliphatic heterocycles. The molecule has 1 aromatic heterocycles. The third-order valence-corrected chi connectivity index (χ3v) is 2.69. The van der Waals surface area contributed by atoms with Gasteiger partial charge in [-0.25, -0.2) is 4.79 Å². The van der Waals surface area contributed by atoms with Crippen molar-refractivity contribution < 1.29 is 14.3 Å². The molecule has 0 radical (unpaired) electrons. The van der Waals surface area contributed by atoms with Gasteiger partial charge >= 0.3 is 5.97 Å². The van der Waals surface area contributed by atoms with Crippen LogP contribution >= 0.6 is 0 Å². The molecule has 0 amide bonds. The minimum absolute atomic E-state index is 0.180. The maximum absolute atomic E-state index is 11.8. The van der Waals surface area contributed by atoms with Crippen molar-refractivity contribution in [3.8, 4) is 11.6 Å². The molecular formula is C15H16N2O4. The number of esters is 1. The zero-order valence-electron chi connectivity index (χ0n) is 11.9. The number of carbonyl (C=O) groups is 1. The van der Waals surface area contributed by atoms with Gasteiger partial charge in [0.25, 0.3) is 5.56 Å². The smallest absolute Gasteiger partial charge is 0.347 e. The number of hydrogen-bond donors (Lipinski definition) is 0. The SMILES string of the molecule is CCOC(=O)[C@H](C)Oc1ccc(=O)n(-c2ccccc2)n1. The van der Waals surface area contributed by atoms with Gasteiger partial charge in [-0.05, 0) is 26.0 Å². The van der Waals surface area contributed by atoms with Crippen LogP contribution in [0.25, 0.3) is 5.69 Å². The summed E-state index contributed by atoms with van der Waals surface area (Å²) in [5.41, 5.74) is 0.342. The molecule has 1 aromatic carbocycles. The summed E-state index contributed by atoms with van der Waals surface area (Å²) >= 11 is 0. The fourth-order valence-electron chi connectivity index (χ4n) is 1.70. The Hall–Kier alpha value is -2.63. The van der Waals surface area contributed by atoms with Crippen LogP contribution in [0.5, 0.6) is 5.88 Å². The van der Waals surface area contributed by atoms with Crippen LogP contribution in [-0.2, 0) is 9.53 Å². The first kappa shape index (κ1) is 14.8. The topological polar surface area (TPSA) is 70.4 Å². The van der Waals surface area contributed by atoms with Crippen LogP contribution in [-0.4, -0.2) is 28.5 Å². The van der Waals surface area contributed by atoms with E-state index in [1.807, 2.05) is 6.07 Å². The molecule has 2 aromatic rings. The lowest BCUT2D eigenvalue weighted by atomic mass is 10.3. The van der Waals surface area contributed by atoms with Gasteiger partial charge in [-0.2, -0.15) is 4.68 Å². The molecule has 21 heavy (non-hydrogen) atoms. The summed E-state index contributed by atoms with van der Waals surface area (Å²) in [5.74, 6) is -0.296. The van der Waals surface area contributed by atoms with E-state index in [-0.39, 0.29) is 18.0 Å². The first-order valence-corrected chi connectivity index (χ1v) is 6.61. The first-order valence-electron chi connectivity index (χ1n) is 6.61. The minimum Gasteiger partial charge on any atom is -0.463 e. The lowest BCUT2D eigenvalue weighted by molar-refractivity contribution is -0.150. The number of nitrogens with zero attached hydrogens (tertiary/aromatic N) is 2. The Bertz CT molecular complexity index is 667. The third-order valence-electron chi connectivity index (χ3n) is 2.69. The van der Waals surface area contributed by atoms with Crippen molar-refractivity contribution in [3.05, 3.63) is 52.8 Å². The lowest BCUT2D eigenvalue weighted by Crippen LogP contribution is -2.28. The molecule has 0 spiro atoms. The normalized spacial score (nSPS) is 11.7. The Morgan fingerprint density at radius 2 is 1.95 bits per heavy atom. The highest BCUT2D eigenvalue weighted by atomic mass is 16.6. The van der Waals surface area contributed by atoms with E-state index < -0.39 is 12.1 Å². The Kier molecular flexibility index (Phi) is 4.71. The summed E-state index contributed by atoms with van der Waals surface area (Å²) in [4.78, 5) is 23.4. The summed E-state index contributed by atoms with van der Waals surface area (Å²) in [5, 5.41) is 4.10. The molecular weight excluding hydrogens is 272 g/mol. The Labute approximate surface area is 121 Å². The summed E-state index contributed by atoms with van der Waals surface area (Å²) in [7, 11) is 0. The highest BCUT2D eigenvalue weighted by Gasteiger charge is 2.16. The molecule has 1 atom stereocenters. The van der Waals surface area contributed by atoms with Crippen molar-refractivity contribution in [2.45, 2.75) is 20.0 Å². The number of ether oxygens (including phenoxy) is 2. The van der Waals surface area contributed by atoms with Crippen LogP contribution < -0.4 is 10.3 Å². The zero-order valence-corrected chi connectivity index (χ0v) is 11.9. The standard InChI is InChI=1S/C15H16N2O4/c1-3-20-15(19)11(2)21-13-9-10-14(18)17(16-13)12-7-5-4-6-8-12/h4-11H,3H2,1-2H3/t11-/m0/s1. The van der Waals surface area contributed by atoms with Gasteiger partial charge in [0.05, 0.1) is 12.3 Å². The Morgan fingerprint density at radius 3 is 2.62 bits per heavy atom. The summed E-state index contributed by atoms with van der Waals surface area (Å²) < 4.78 is 11.5. The predicted octanol–water partition coefficient (Wildman–Crippen LogP) is 1.56. The van der Waals surface area contributed by atoms with Crippen molar-refractivity contribution in [2.24, 2.45) is 0 Å². The number of benzene rings is 1. The second-order valence-electron chi connectivity index (χ2n) is 4.27. The van der Waals surface area contributed by atoms with Gasteiger partial charge in [-0.3, -0.25) is 4.79 Å². The number of para-hydroxylation sites is 1. The predicted molar refractivity (Wildman–Crippen MR) is 76.6 cm³/mol. The maximum atomic E-state index is 11.8. The fourth-order valence-corrected chi connectivity index (χ4v) is 1.70. The maximum Gasteiger partial charge on any atom is 0.347 e. The van der Waals surface area contributed by atoms with Crippen molar-refractivity contribution in [1.29, 1.82) is 0 Å². The highest BCUT2D eigenvalue weighted by molar-refractivity contribution is 5.74. The van der Waals surface area contributed by atoms with E-state index in [1.165, 1.54) is 16.8 Å². The van der Waals surface area contributed by atoms with Gasteiger partial charge in [0.1, 0.15) is 0 Å². The van der Waals surface area contributed by atoms with Crippen LogP contribution in [0, 0.1) is 0 Å². The molecule has 0 aliphatic rings.